The Balaban J connectivity index is 1.52. The number of thioether (sulfide) groups is 1. The van der Waals surface area contributed by atoms with Crippen molar-refractivity contribution in [3.63, 3.8) is 0 Å². The van der Waals surface area contributed by atoms with Crippen molar-refractivity contribution in [3.8, 4) is 23.0 Å². The number of para-hydroxylation sites is 2. The van der Waals surface area contributed by atoms with Gasteiger partial charge in [-0.05, 0) is 53.7 Å². The molecule has 1 fully saturated rings. The predicted octanol–water partition coefficient (Wildman–Crippen LogP) is 5.13. The third-order valence-corrected chi connectivity index (χ3v) is 5.33. The van der Waals surface area contributed by atoms with Gasteiger partial charge < -0.3 is 14.9 Å². The lowest BCUT2D eigenvalue weighted by Gasteiger charge is -2.13. The van der Waals surface area contributed by atoms with Crippen LogP contribution in [0.4, 0.5) is 4.79 Å². The molecule has 30 heavy (non-hydrogen) atoms. The van der Waals surface area contributed by atoms with Gasteiger partial charge in [-0.1, -0.05) is 42.5 Å². The Morgan fingerprint density at radius 2 is 1.63 bits per heavy atom. The molecule has 0 spiro atoms. The Morgan fingerprint density at radius 1 is 0.900 bits per heavy atom. The normalized spacial score (nSPS) is 15.1. The van der Waals surface area contributed by atoms with Crippen LogP contribution < -0.4 is 4.74 Å². The number of phenols is 2. The smallest absolute Gasteiger partial charge is 0.293 e. The first-order valence-electron chi connectivity index (χ1n) is 9.09. The molecule has 7 heteroatoms. The molecule has 3 aromatic carbocycles. The number of hydrogen-bond donors (Lipinski definition) is 2. The minimum atomic E-state index is -0.456. The van der Waals surface area contributed by atoms with Crippen molar-refractivity contribution < 1.29 is 24.5 Å². The number of imide groups is 1. The maximum atomic E-state index is 12.7. The average molecular weight is 419 g/mol. The van der Waals surface area contributed by atoms with Gasteiger partial charge in [-0.3, -0.25) is 14.5 Å². The lowest BCUT2D eigenvalue weighted by atomic mass is 10.1. The first kappa shape index (κ1) is 19.6. The highest BCUT2D eigenvalue weighted by Crippen LogP contribution is 2.37. The lowest BCUT2D eigenvalue weighted by molar-refractivity contribution is -0.123. The Morgan fingerprint density at radius 3 is 2.43 bits per heavy atom. The molecule has 0 radical (unpaired) electrons. The van der Waals surface area contributed by atoms with Crippen molar-refractivity contribution in [1.29, 1.82) is 0 Å². The van der Waals surface area contributed by atoms with Gasteiger partial charge in [-0.15, -0.1) is 0 Å². The Bertz CT molecular complexity index is 1140. The summed E-state index contributed by atoms with van der Waals surface area (Å²) in [6.45, 7) is 0.0972. The molecule has 0 unspecified atom stereocenters. The summed E-state index contributed by atoms with van der Waals surface area (Å²) < 4.78 is 5.81. The van der Waals surface area contributed by atoms with Crippen LogP contribution >= 0.6 is 11.8 Å². The molecule has 0 bridgehead atoms. The van der Waals surface area contributed by atoms with Crippen LogP contribution in [-0.2, 0) is 11.3 Å². The number of nitrogens with zero attached hydrogens (tertiary/aromatic N) is 1. The van der Waals surface area contributed by atoms with E-state index in [9.17, 15) is 19.8 Å². The van der Waals surface area contributed by atoms with Gasteiger partial charge in [0.05, 0.1) is 11.4 Å². The zero-order valence-corrected chi connectivity index (χ0v) is 16.5. The third kappa shape index (κ3) is 4.16. The van der Waals surface area contributed by atoms with Gasteiger partial charge in [0.2, 0.25) is 0 Å². The SMILES string of the molecule is O=C1S/C(=C\c2cccc(O)c2O)C(=O)N1Cc1cccc(Oc2ccccc2)c1. The maximum absolute atomic E-state index is 12.7. The monoisotopic (exact) mass is 419 g/mol. The average Bonchev–Trinajstić information content (AvgIpc) is 3.00. The van der Waals surface area contributed by atoms with E-state index in [4.69, 9.17) is 4.74 Å². The second-order valence-electron chi connectivity index (χ2n) is 6.55. The standard InChI is InChI=1S/C23H17NO5S/c25-19-11-5-7-16(21(19)26)13-20-22(27)24(23(28)30-20)14-15-6-4-10-18(12-15)29-17-8-2-1-3-9-17/h1-13,25-26H,14H2/b20-13-. The van der Waals surface area contributed by atoms with Gasteiger partial charge in [0.15, 0.2) is 11.5 Å². The maximum Gasteiger partial charge on any atom is 0.293 e. The molecule has 3 aromatic rings. The number of rotatable bonds is 5. The number of ether oxygens (including phenoxy) is 1. The summed E-state index contributed by atoms with van der Waals surface area (Å²) in [6.07, 6.45) is 1.40. The highest BCUT2D eigenvalue weighted by Gasteiger charge is 2.35. The molecule has 1 aliphatic rings. The van der Waals surface area contributed by atoms with E-state index in [1.165, 1.54) is 12.1 Å². The topological polar surface area (TPSA) is 87.1 Å². The number of hydrogen-bond acceptors (Lipinski definition) is 6. The Kier molecular flexibility index (Phi) is 5.45. The van der Waals surface area contributed by atoms with Gasteiger partial charge in [0, 0.05) is 5.56 Å². The quantitative estimate of drug-likeness (QED) is 0.441. The van der Waals surface area contributed by atoms with Crippen LogP contribution in [0.2, 0.25) is 0 Å². The number of aromatic hydroxyl groups is 2. The van der Waals surface area contributed by atoms with E-state index in [0.29, 0.717) is 11.5 Å². The van der Waals surface area contributed by atoms with E-state index in [2.05, 4.69) is 0 Å². The van der Waals surface area contributed by atoms with Crippen molar-refractivity contribution in [3.05, 3.63) is 88.8 Å². The molecule has 2 amide bonds. The van der Waals surface area contributed by atoms with Crippen molar-refractivity contribution in [2.45, 2.75) is 6.54 Å². The summed E-state index contributed by atoms with van der Waals surface area (Å²) in [5, 5.41) is 19.1. The molecule has 1 heterocycles. The number of benzene rings is 3. The molecular weight excluding hydrogens is 402 g/mol. The second kappa shape index (κ2) is 8.34. The summed E-state index contributed by atoms with van der Waals surface area (Å²) in [6, 6.07) is 20.9. The number of phenolic OH excluding ortho intramolecular Hbond substituents is 2. The summed E-state index contributed by atoms with van der Waals surface area (Å²) in [5.74, 6) is 0.205. The van der Waals surface area contributed by atoms with Gasteiger partial charge >= 0.3 is 0 Å². The largest absolute Gasteiger partial charge is 0.504 e. The molecule has 1 saturated heterocycles. The van der Waals surface area contributed by atoms with E-state index >= 15 is 0 Å². The summed E-state index contributed by atoms with van der Waals surface area (Å²) in [7, 11) is 0. The fourth-order valence-electron chi connectivity index (χ4n) is 2.96. The number of carbonyl (C=O) groups excluding carboxylic acids is 2. The predicted molar refractivity (Wildman–Crippen MR) is 114 cm³/mol. The minimum absolute atomic E-state index is 0.0972. The molecule has 6 nitrogen and oxygen atoms in total. The van der Waals surface area contributed by atoms with Gasteiger partial charge in [0.25, 0.3) is 11.1 Å². The van der Waals surface area contributed by atoms with Crippen LogP contribution in [0.15, 0.2) is 77.7 Å². The Hall–Kier alpha value is -3.71. The molecule has 0 saturated carbocycles. The lowest BCUT2D eigenvalue weighted by Crippen LogP contribution is -2.27. The molecule has 4 rings (SSSR count). The van der Waals surface area contributed by atoms with E-state index in [1.807, 2.05) is 36.4 Å². The summed E-state index contributed by atoms with van der Waals surface area (Å²) >= 11 is 0.792. The van der Waals surface area contributed by atoms with Crippen molar-refractivity contribution in [2.24, 2.45) is 0 Å². The molecule has 0 aliphatic carbocycles. The first-order chi connectivity index (χ1) is 14.5. The van der Waals surface area contributed by atoms with Crippen LogP contribution in [0.5, 0.6) is 23.0 Å². The van der Waals surface area contributed by atoms with Crippen LogP contribution in [0.3, 0.4) is 0 Å². The first-order valence-corrected chi connectivity index (χ1v) is 9.91. The van der Waals surface area contributed by atoms with Crippen LogP contribution in [0.25, 0.3) is 6.08 Å². The van der Waals surface area contributed by atoms with Crippen molar-refractivity contribution >= 4 is 29.0 Å². The molecule has 150 valence electrons. The van der Waals surface area contributed by atoms with Crippen LogP contribution in [0.1, 0.15) is 11.1 Å². The Labute approximate surface area is 177 Å². The van der Waals surface area contributed by atoms with Crippen molar-refractivity contribution in [1.82, 2.24) is 4.90 Å². The zero-order valence-electron chi connectivity index (χ0n) is 15.7. The number of amides is 2. The zero-order chi connectivity index (χ0) is 21.1. The fraction of sp³-hybridized carbons (Fsp3) is 0.0435. The summed E-state index contributed by atoms with van der Waals surface area (Å²) in [4.78, 5) is 26.5. The number of carbonyl (C=O) groups is 2. The van der Waals surface area contributed by atoms with E-state index in [0.717, 1.165) is 22.2 Å². The molecule has 0 aromatic heterocycles. The third-order valence-electron chi connectivity index (χ3n) is 4.42. The molecule has 1 aliphatic heterocycles. The van der Waals surface area contributed by atoms with E-state index < -0.39 is 11.1 Å². The van der Waals surface area contributed by atoms with E-state index in [-0.39, 0.29) is 28.5 Å². The molecule has 0 atom stereocenters. The van der Waals surface area contributed by atoms with Gasteiger partial charge in [-0.25, -0.2) is 0 Å². The van der Waals surface area contributed by atoms with E-state index in [1.54, 1.807) is 30.3 Å². The molecular formula is C23H17NO5S. The van der Waals surface area contributed by atoms with Crippen molar-refractivity contribution in [2.75, 3.05) is 0 Å². The highest BCUT2D eigenvalue weighted by atomic mass is 32.2. The van der Waals surface area contributed by atoms with Gasteiger partial charge in [-0.2, -0.15) is 0 Å². The fourth-order valence-corrected chi connectivity index (χ4v) is 3.79. The summed E-state index contributed by atoms with van der Waals surface area (Å²) in [5.41, 5.74) is 1.01. The highest BCUT2D eigenvalue weighted by molar-refractivity contribution is 8.18. The second-order valence-corrected chi connectivity index (χ2v) is 7.54. The minimum Gasteiger partial charge on any atom is -0.504 e. The van der Waals surface area contributed by atoms with Crippen LogP contribution in [-0.4, -0.2) is 26.3 Å². The molecule has 2 N–H and O–H groups in total. The van der Waals surface area contributed by atoms with Gasteiger partial charge in [0.1, 0.15) is 11.5 Å². The van der Waals surface area contributed by atoms with Crippen LogP contribution in [0, 0.1) is 0 Å².